The Morgan fingerprint density at radius 1 is 1.56 bits per heavy atom. The molecule has 1 aromatic heterocycles. The van der Waals surface area contributed by atoms with Crippen LogP contribution in [0, 0.1) is 5.92 Å². The van der Waals surface area contributed by atoms with Gasteiger partial charge in [0.15, 0.2) is 0 Å². The molecule has 102 valence electrons. The van der Waals surface area contributed by atoms with Crippen LogP contribution in [0.3, 0.4) is 0 Å². The third-order valence-electron chi connectivity index (χ3n) is 3.58. The van der Waals surface area contributed by atoms with Gasteiger partial charge in [-0.2, -0.15) is 0 Å². The molecule has 1 saturated carbocycles. The van der Waals surface area contributed by atoms with Crippen LogP contribution in [0.15, 0.2) is 12.5 Å². The van der Waals surface area contributed by atoms with E-state index in [9.17, 15) is 4.79 Å². The number of carbonyl (C=O) groups is 1. The SMILES string of the molecule is Cl.Cn1cncc1C(=O)NC1CCCCC1CN. The molecule has 2 unspecified atom stereocenters. The largest absolute Gasteiger partial charge is 0.348 e. The van der Waals surface area contributed by atoms with Crippen molar-refractivity contribution in [1.29, 1.82) is 0 Å². The Hall–Kier alpha value is -1.07. The van der Waals surface area contributed by atoms with Gasteiger partial charge in [-0.25, -0.2) is 4.98 Å². The van der Waals surface area contributed by atoms with Gasteiger partial charge in [0, 0.05) is 13.1 Å². The van der Waals surface area contributed by atoms with E-state index in [0.29, 0.717) is 18.2 Å². The second-order valence-corrected chi connectivity index (χ2v) is 4.75. The summed E-state index contributed by atoms with van der Waals surface area (Å²) in [5, 5.41) is 3.08. The number of imidazole rings is 1. The number of nitrogens with zero attached hydrogens (tertiary/aromatic N) is 2. The van der Waals surface area contributed by atoms with Crippen LogP contribution in [0.25, 0.3) is 0 Å². The average molecular weight is 273 g/mol. The van der Waals surface area contributed by atoms with Crippen LogP contribution in [0.5, 0.6) is 0 Å². The summed E-state index contributed by atoms with van der Waals surface area (Å²) in [6.45, 7) is 0.649. The predicted molar refractivity (Wildman–Crippen MR) is 72.7 cm³/mol. The van der Waals surface area contributed by atoms with Gasteiger partial charge in [0.05, 0.1) is 12.5 Å². The molecule has 1 amide bonds. The predicted octanol–water partition coefficient (Wildman–Crippen LogP) is 1.09. The number of hydrogen-bond donors (Lipinski definition) is 2. The molecule has 0 aliphatic heterocycles. The Kier molecular flexibility index (Phi) is 5.62. The second-order valence-electron chi connectivity index (χ2n) is 4.75. The molecule has 0 bridgehead atoms. The summed E-state index contributed by atoms with van der Waals surface area (Å²) in [7, 11) is 1.82. The topological polar surface area (TPSA) is 72.9 Å². The van der Waals surface area contributed by atoms with E-state index in [4.69, 9.17) is 5.73 Å². The van der Waals surface area contributed by atoms with Crippen LogP contribution in [-0.4, -0.2) is 28.0 Å². The van der Waals surface area contributed by atoms with E-state index < -0.39 is 0 Å². The van der Waals surface area contributed by atoms with Crippen molar-refractivity contribution in [3.63, 3.8) is 0 Å². The first-order valence-electron chi connectivity index (χ1n) is 6.19. The zero-order chi connectivity index (χ0) is 12.3. The maximum atomic E-state index is 12.0. The van der Waals surface area contributed by atoms with Gasteiger partial charge in [-0.15, -0.1) is 12.4 Å². The van der Waals surface area contributed by atoms with Gasteiger partial charge in [0.25, 0.3) is 5.91 Å². The van der Waals surface area contributed by atoms with E-state index >= 15 is 0 Å². The molecule has 2 atom stereocenters. The third kappa shape index (κ3) is 3.23. The first-order valence-corrected chi connectivity index (χ1v) is 6.19. The lowest BCUT2D eigenvalue weighted by atomic mass is 9.84. The van der Waals surface area contributed by atoms with Crippen LogP contribution < -0.4 is 11.1 Å². The van der Waals surface area contributed by atoms with Crippen molar-refractivity contribution in [2.45, 2.75) is 31.7 Å². The lowest BCUT2D eigenvalue weighted by Gasteiger charge is -2.31. The minimum Gasteiger partial charge on any atom is -0.348 e. The third-order valence-corrected chi connectivity index (χ3v) is 3.58. The number of carbonyl (C=O) groups excluding carboxylic acids is 1. The van der Waals surface area contributed by atoms with Crippen molar-refractivity contribution in [3.05, 3.63) is 18.2 Å². The molecule has 5 nitrogen and oxygen atoms in total. The highest BCUT2D eigenvalue weighted by molar-refractivity contribution is 5.92. The summed E-state index contributed by atoms with van der Waals surface area (Å²) < 4.78 is 1.73. The van der Waals surface area contributed by atoms with Crippen molar-refractivity contribution < 1.29 is 4.79 Å². The minimum atomic E-state index is -0.0460. The Bertz CT molecular complexity index is 393. The van der Waals surface area contributed by atoms with E-state index in [0.717, 1.165) is 12.8 Å². The van der Waals surface area contributed by atoms with Crippen LogP contribution >= 0.6 is 12.4 Å². The summed E-state index contributed by atoms with van der Waals surface area (Å²) >= 11 is 0. The molecular formula is C12H21ClN4O. The van der Waals surface area contributed by atoms with Gasteiger partial charge in [0.2, 0.25) is 0 Å². The van der Waals surface area contributed by atoms with Crippen LogP contribution in [0.1, 0.15) is 36.2 Å². The molecular weight excluding hydrogens is 252 g/mol. The monoisotopic (exact) mass is 272 g/mol. The van der Waals surface area contributed by atoms with Gasteiger partial charge in [-0.1, -0.05) is 12.8 Å². The molecule has 18 heavy (non-hydrogen) atoms. The number of rotatable bonds is 3. The molecule has 0 radical (unpaired) electrons. The molecule has 0 spiro atoms. The number of aromatic nitrogens is 2. The summed E-state index contributed by atoms with van der Waals surface area (Å²) in [5.41, 5.74) is 6.35. The molecule has 0 saturated heterocycles. The highest BCUT2D eigenvalue weighted by atomic mass is 35.5. The lowest BCUT2D eigenvalue weighted by Crippen LogP contribution is -2.45. The quantitative estimate of drug-likeness (QED) is 0.865. The van der Waals surface area contributed by atoms with E-state index in [1.165, 1.54) is 12.8 Å². The molecule has 3 N–H and O–H groups in total. The Labute approximate surface area is 114 Å². The smallest absolute Gasteiger partial charge is 0.269 e. The Balaban J connectivity index is 0.00000162. The summed E-state index contributed by atoms with van der Waals surface area (Å²) in [4.78, 5) is 16.0. The first kappa shape index (κ1) is 15.0. The number of nitrogens with two attached hydrogens (primary N) is 1. The van der Waals surface area contributed by atoms with Crippen molar-refractivity contribution in [3.8, 4) is 0 Å². The molecule has 1 aliphatic rings. The number of hydrogen-bond acceptors (Lipinski definition) is 3. The van der Waals surface area contributed by atoms with Gasteiger partial charge in [-0.05, 0) is 25.3 Å². The standard InChI is InChI=1S/C12H20N4O.ClH/c1-16-8-14-7-11(16)12(17)15-10-5-3-2-4-9(10)6-13;/h7-10H,2-6,13H2,1H3,(H,15,17);1H. The maximum Gasteiger partial charge on any atom is 0.269 e. The summed E-state index contributed by atoms with van der Waals surface area (Å²) in [6.07, 6.45) is 7.77. The lowest BCUT2D eigenvalue weighted by molar-refractivity contribution is 0.0899. The molecule has 0 aromatic carbocycles. The highest BCUT2D eigenvalue weighted by Crippen LogP contribution is 2.23. The first-order chi connectivity index (χ1) is 8.22. The van der Waals surface area contributed by atoms with Gasteiger partial charge in [0.1, 0.15) is 5.69 Å². The highest BCUT2D eigenvalue weighted by Gasteiger charge is 2.26. The van der Waals surface area contributed by atoms with E-state index in [2.05, 4.69) is 10.3 Å². The van der Waals surface area contributed by atoms with Crippen LogP contribution in [0.2, 0.25) is 0 Å². The van der Waals surface area contributed by atoms with E-state index in [1.807, 2.05) is 7.05 Å². The van der Waals surface area contributed by atoms with Gasteiger partial charge >= 0.3 is 0 Å². The van der Waals surface area contributed by atoms with Crippen molar-refractivity contribution in [2.24, 2.45) is 18.7 Å². The molecule has 1 heterocycles. The fourth-order valence-electron chi connectivity index (χ4n) is 2.50. The van der Waals surface area contributed by atoms with Gasteiger partial charge < -0.3 is 15.6 Å². The number of amides is 1. The summed E-state index contributed by atoms with van der Waals surface area (Å²) in [5.74, 6) is 0.372. The minimum absolute atomic E-state index is 0. The zero-order valence-corrected chi connectivity index (χ0v) is 11.4. The number of halogens is 1. The van der Waals surface area contributed by atoms with Crippen LogP contribution in [0.4, 0.5) is 0 Å². The van der Waals surface area contributed by atoms with E-state index in [-0.39, 0.29) is 24.4 Å². The van der Waals surface area contributed by atoms with Crippen LogP contribution in [-0.2, 0) is 7.05 Å². The zero-order valence-electron chi connectivity index (χ0n) is 10.6. The Morgan fingerprint density at radius 2 is 2.28 bits per heavy atom. The van der Waals surface area contributed by atoms with Crippen molar-refractivity contribution in [2.75, 3.05) is 6.54 Å². The maximum absolute atomic E-state index is 12.0. The normalized spacial score (nSPS) is 23.2. The van der Waals surface area contributed by atoms with Crippen molar-refractivity contribution in [1.82, 2.24) is 14.9 Å². The fourth-order valence-corrected chi connectivity index (χ4v) is 2.50. The Morgan fingerprint density at radius 3 is 2.89 bits per heavy atom. The molecule has 1 aliphatic carbocycles. The second kappa shape index (κ2) is 6.75. The molecule has 2 rings (SSSR count). The van der Waals surface area contributed by atoms with Crippen molar-refractivity contribution >= 4 is 18.3 Å². The molecule has 6 heteroatoms. The fraction of sp³-hybridized carbons (Fsp3) is 0.667. The average Bonchev–Trinajstić information content (AvgIpc) is 2.76. The van der Waals surface area contributed by atoms with Gasteiger partial charge in [-0.3, -0.25) is 4.79 Å². The summed E-state index contributed by atoms with van der Waals surface area (Å²) in [6, 6.07) is 0.219. The van der Waals surface area contributed by atoms with E-state index in [1.54, 1.807) is 17.1 Å². The number of aryl methyl sites for hydroxylation is 1. The molecule has 1 aromatic rings. The molecule has 1 fully saturated rings. The number of nitrogens with one attached hydrogen (secondary N) is 1.